The number of benzene rings is 1. The van der Waals surface area contributed by atoms with Gasteiger partial charge >= 0.3 is 0 Å². The Labute approximate surface area is 163 Å². The van der Waals surface area contributed by atoms with Gasteiger partial charge in [0.1, 0.15) is 0 Å². The van der Waals surface area contributed by atoms with Gasteiger partial charge in [-0.2, -0.15) is 4.99 Å². The van der Waals surface area contributed by atoms with E-state index in [0.29, 0.717) is 29.6 Å². The van der Waals surface area contributed by atoms with Crippen LogP contribution in [-0.2, 0) is 4.79 Å². The molecule has 1 aromatic carbocycles. The highest BCUT2D eigenvalue weighted by atomic mass is 32.2. The summed E-state index contributed by atoms with van der Waals surface area (Å²) < 4.78 is 10.9. The molecule has 8 heteroatoms. The minimum absolute atomic E-state index is 0.173. The van der Waals surface area contributed by atoms with E-state index in [0.717, 1.165) is 36.9 Å². The Hall–Kier alpha value is -2.03. The molecule has 0 bridgehead atoms. The zero-order valence-electron chi connectivity index (χ0n) is 15.7. The molecule has 1 N–H and O–H groups in total. The number of aliphatic imine (C=N–C) groups is 1. The number of carbonyl (C=O) groups excluding carboxylic acids is 1. The van der Waals surface area contributed by atoms with Crippen molar-refractivity contribution in [3.8, 4) is 11.5 Å². The first-order chi connectivity index (χ1) is 13.1. The molecule has 0 spiro atoms. The number of piperazine rings is 1. The van der Waals surface area contributed by atoms with Gasteiger partial charge in [0, 0.05) is 32.7 Å². The molecule has 1 fully saturated rings. The molecule has 1 amide bonds. The van der Waals surface area contributed by atoms with Crippen molar-refractivity contribution in [1.82, 2.24) is 9.80 Å². The van der Waals surface area contributed by atoms with Gasteiger partial charge in [0.15, 0.2) is 16.7 Å². The molecule has 0 saturated carbocycles. The van der Waals surface area contributed by atoms with E-state index in [1.54, 1.807) is 7.11 Å². The molecule has 1 saturated heterocycles. The fraction of sp³-hybridized carbons (Fsp3) is 0.474. The Balaban J connectivity index is 1.67. The lowest BCUT2D eigenvalue weighted by molar-refractivity contribution is -0.113. The highest BCUT2D eigenvalue weighted by molar-refractivity contribution is 8.18. The first-order valence-electron chi connectivity index (χ1n) is 9.06. The molecule has 27 heavy (non-hydrogen) atoms. The molecule has 0 radical (unpaired) electrons. The lowest BCUT2D eigenvalue weighted by Gasteiger charge is -2.34. The summed E-state index contributed by atoms with van der Waals surface area (Å²) in [6.45, 7) is 6.70. The van der Waals surface area contributed by atoms with E-state index < -0.39 is 0 Å². The normalized spacial score (nSPS) is 19.5. The third kappa shape index (κ3) is 4.82. The highest BCUT2D eigenvalue weighted by Gasteiger charge is 2.28. The van der Waals surface area contributed by atoms with Crippen molar-refractivity contribution >= 4 is 28.9 Å². The fourth-order valence-electron chi connectivity index (χ4n) is 3.04. The van der Waals surface area contributed by atoms with Crippen molar-refractivity contribution in [3.05, 3.63) is 28.7 Å². The van der Waals surface area contributed by atoms with E-state index in [2.05, 4.69) is 14.8 Å². The zero-order valence-corrected chi connectivity index (χ0v) is 16.5. The van der Waals surface area contributed by atoms with E-state index in [1.807, 2.05) is 31.2 Å². The molecule has 0 aromatic heterocycles. The number of methoxy groups -OCH3 is 1. The van der Waals surface area contributed by atoms with Gasteiger partial charge in [-0.3, -0.25) is 9.69 Å². The number of β-amino-alcohol motifs (C(OH)–C–C–N with tert-alkyl or cyclic N) is 1. The van der Waals surface area contributed by atoms with Gasteiger partial charge < -0.3 is 19.5 Å². The number of thioether (sulfide) groups is 1. The molecule has 0 atom stereocenters. The smallest absolute Gasteiger partial charge is 0.286 e. The monoisotopic (exact) mass is 391 g/mol. The number of amides is 1. The van der Waals surface area contributed by atoms with E-state index >= 15 is 0 Å². The third-order valence-electron chi connectivity index (χ3n) is 4.45. The fourth-order valence-corrected chi connectivity index (χ4v) is 4.00. The molecular formula is C19H25N3O4S. The maximum atomic E-state index is 12.3. The van der Waals surface area contributed by atoms with Crippen molar-refractivity contribution < 1.29 is 19.4 Å². The maximum Gasteiger partial charge on any atom is 0.286 e. The van der Waals surface area contributed by atoms with Crippen LogP contribution in [0, 0.1) is 0 Å². The molecule has 2 heterocycles. The topological polar surface area (TPSA) is 74.6 Å². The summed E-state index contributed by atoms with van der Waals surface area (Å²) >= 11 is 1.41. The minimum Gasteiger partial charge on any atom is -0.493 e. The summed E-state index contributed by atoms with van der Waals surface area (Å²) in [5.74, 6) is 1.12. The molecule has 0 aliphatic carbocycles. The maximum absolute atomic E-state index is 12.3. The van der Waals surface area contributed by atoms with E-state index in [4.69, 9.17) is 14.6 Å². The standard InChI is InChI=1S/C19H25N3O4S/c1-3-26-15-5-4-14(12-16(15)25-2)13-17-18(24)20-19(27-17)22-8-6-21(7-9-22)10-11-23/h4-5,12-13,23H,3,6-11H2,1-2H3. The Kier molecular flexibility index (Phi) is 6.76. The molecule has 2 aliphatic heterocycles. The van der Waals surface area contributed by atoms with Gasteiger partial charge in [-0.1, -0.05) is 6.07 Å². The number of rotatable bonds is 6. The van der Waals surface area contributed by atoms with Crippen LogP contribution in [0.15, 0.2) is 28.1 Å². The predicted molar refractivity (Wildman–Crippen MR) is 107 cm³/mol. The van der Waals surface area contributed by atoms with Crippen molar-refractivity contribution in [2.75, 3.05) is 53.0 Å². The molecular weight excluding hydrogens is 366 g/mol. The van der Waals surface area contributed by atoms with Crippen LogP contribution in [0.3, 0.4) is 0 Å². The van der Waals surface area contributed by atoms with Crippen LogP contribution in [0.25, 0.3) is 6.08 Å². The van der Waals surface area contributed by atoms with Crippen LogP contribution >= 0.6 is 11.8 Å². The Bertz CT molecular complexity index is 742. The van der Waals surface area contributed by atoms with E-state index in [9.17, 15) is 4.79 Å². The number of amidine groups is 1. The second-order valence-corrected chi connectivity index (χ2v) is 7.21. The summed E-state index contributed by atoms with van der Waals surface area (Å²) in [5, 5.41) is 9.80. The van der Waals surface area contributed by atoms with Crippen LogP contribution in [0.2, 0.25) is 0 Å². The molecule has 3 rings (SSSR count). The molecule has 1 aromatic rings. The summed E-state index contributed by atoms with van der Waals surface area (Å²) in [4.78, 5) is 21.5. The van der Waals surface area contributed by atoms with Crippen LogP contribution in [0.1, 0.15) is 12.5 Å². The first-order valence-corrected chi connectivity index (χ1v) is 9.87. The predicted octanol–water partition coefficient (Wildman–Crippen LogP) is 1.67. The third-order valence-corrected chi connectivity index (χ3v) is 5.50. The lowest BCUT2D eigenvalue weighted by Crippen LogP contribution is -2.48. The summed E-state index contributed by atoms with van der Waals surface area (Å²) in [5.41, 5.74) is 0.871. The average molecular weight is 391 g/mol. The van der Waals surface area contributed by atoms with Crippen molar-refractivity contribution in [3.63, 3.8) is 0 Å². The number of hydrogen-bond donors (Lipinski definition) is 1. The van der Waals surface area contributed by atoms with E-state index in [-0.39, 0.29) is 12.5 Å². The van der Waals surface area contributed by atoms with Crippen LogP contribution in [0.5, 0.6) is 11.5 Å². The van der Waals surface area contributed by atoms with Crippen LogP contribution in [-0.4, -0.2) is 79.0 Å². The van der Waals surface area contributed by atoms with Crippen molar-refractivity contribution in [2.24, 2.45) is 4.99 Å². The van der Waals surface area contributed by atoms with E-state index in [1.165, 1.54) is 11.8 Å². The van der Waals surface area contributed by atoms with Gasteiger partial charge in [0.25, 0.3) is 5.91 Å². The highest BCUT2D eigenvalue weighted by Crippen LogP contribution is 2.33. The summed E-state index contributed by atoms with van der Waals surface area (Å²) in [6.07, 6.45) is 1.84. The summed E-state index contributed by atoms with van der Waals surface area (Å²) in [6, 6.07) is 5.61. The number of aliphatic hydroxyl groups excluding tert-OH is 1. The number of hydrogen-bond acceptors (Lipinski definition) is 7. The lowest BCUT2D eigenvalue weighted by atomic mass is 10.2. The molecule has 7 nitrogen and oxygen atoms in total. The SMILES string of the molecule is CCOc1ccc(C=C2SC(N3CCN(CCO)CC3)=NC2=O)cc1OC. The quantitative estimate of drug-likeness (QED) is 0.740. The van der Waals surface area contributed by atoms with Crippen molar-refractivity contribution in [2.45, 2.75) is 6.92 Å². The summed E-state index contributed by atoms with van der Waals surface area (Å²) in [7, 11) is 1.60. The van der Waals surface area contributed by atoms with Crippen molar-refractivity contribution in [1.29, 1.82) is 0 Å². The number of carbonyl (C=O) groups is 1. The minimum atomic E-state index is -0.208. The Morgan fingerprint density at radius 1 is 1.26 bits per heavy atom. The first kappa shape index (κ1) is 19.7. The van der Waals surface area contributed by atoms with Gasteiger partial charge in [-0.05, 0) is 42.5 Å². The average Bonchev–Trinajstić information content (AvgIpc) is 3.04. The second-order valence-electron chi connectivity index (χ2n) is 6.21. The Morgan fingerprint density at radius 2 is 2.04 bits per heavy atom. The molecule has 0 unspecified atom stereocenters. The number of nitrogens with zero attached hydrogens (tertiary/aromatic N) is 3. The number of ether oxygens (including phenoxy) is 2. The zero-order chi connectivity index (χ0) is 19.2. The van der Waals surface area contributed by atoms with Gasteiger partial charge in [0.2, 0.25) is 0 Å². The van der Waals surface area contributed by atoms with Gasteiger partial charge in [-0.25, -0.2) is 0 Å². The van der Waals surface area contributed by atoms with Gasteiger partial charge in [0.05, 0.1) is 25.2 Å². The molecule has 2 aliphatic rings. The second kappa shape index (κ2) is 9.25. The molecule has 146 valence electrons. The number of aliphatic hydroxyl groups is 1. The van der Waals surface area contributed by atoms with Crippen LogP contribution < -0.4 is 9.47 Å². The van der Waals surface area contributed by atoms with Crippen LogP contribution in [0.4, 0.5) is 0 Å². The largest absolute Gasteiger partial charge is 0.493 e. The Morgan fingerprint density at radius 3 is 2.70 bits per heavy atom. The van der Waals surface area contributed by atoms with Gasteiger partial charge in [-0.15, -0.1) is 0 Å².